The summed E-state index contributed by atoms with van der Waals surface area (Å²) in [4.78, 5) is 11.0. The lowest BCUT2D eigenvalue weighted by Crippen LogP contribution is -2.26. The fourth-order valence-electron chi connectivity index (χ4n) is 1.32. The third-order valence-corrected chi connectivity index (χ3v) is 2.69. The van der Waals surface area contributed by atoms with E-state index in [9.17, 15) is 4.79 Å². The first kappa shape index (κ1) is 14.6. The number of rotatable bonds is 5. The van der Waals surface area contributed by atoms with E-state index in [1.165, 1.54) is 4.68 Å². The van der Waals surface area contributed by atoms with Gasteiger partial charge in [0.25, 0.3) is 0 Å². The highest BCUT2D eigenvalue weighted by atomic mass is 16.5. The van der Waals surface area contributed by atoms with Gasteiger partial charge in [-0.3, -0.25) is 4.79 Å². The van der Waals surface area contributed by atoms with Gasteiger partial charge in [-0.2, -0.15) is 0 Å². The molecule has 102 valence electrons. The van der Waals surface area contributed by atoms with Crippen LogP contribution < -0.4 is 0 Å². The lowest BCUT2D eigenvalue weighted by Gasteiger charge is -2.21. The first-order chi connectivity index (χ1) is 8.22. The summed E-state index contributed by atoms with van der Waals surface area (Å²) in [6.07, 6.45) is 0. The van der Waals surface area contributed by atoms with E-state index in [-0.39, 0.29) is 18.2 Å². The maximum Gasteiger partial charge on any atom is 0.308 e. The highest BCUT2D eigenvalue weighted by Gasteiger charge is 2.25. The SMILES string of the molecule is CC(C(=O)O)C(C)n1nnnc1COC(C)(C)C. The molecular weight excluding hydrogens is 236 g/mol. The van der Waals surface area contributed by atoms with E-state index in [1.807, 2.05) is 20.8 Å². The van der Waals surface area contributed by atoms with E-state index in [0.29, 0.717) is 5.82 Å². The van der Waals surface area contributed by atoms with Crippen molar-refractivity contribution in [3.63, 3.8) is 0 Å². The molecule has 0 bridgehead atoms. The zero-order chi connectivity index (χ0) is 13.9. The highest BCUT2D eigenvalue weighted by molar-refractivity contribution is 5.70. The monoisotopic (exact) mass is 256 g/mol. The molecule has 0 aromatic carbocycles. The molecule has 7 heteroatoms. The van der Waals surface area contributed by atoms with Crippen molar-refractivity contribution in [2.45, 2.75) is 52.9 Å². The minimum Gasteiger partial charge on any atom is -0.481 e. The third-order valence-electron chi connectivity index (χ3n) is 2.69. The van der Waals surface area contributed by atoms with Crippen molar-refractivity contribution in [2.75, 3.05) is 0 Å². The normalized spacial score (nSPS) is 15.4. The summed E-state index contributed by atoms with van der Waals surface area (Å²) in [6.45, 7) is 9.46. The molecule has 1 aromatic heterocycles. The van der Waals surface area contributed by atoms with Crippen molar-refractivity contribution in [3.05, 3.63) is 5.82 Å². The molecule has 18 heavy (non-hydrogen) atoms. The summed E-state index contributed by atoms with van der Waals surface area (Å²) < 4.78 is 7.10. The molecule has 7 nitrogen and oxygen atoms in total. The smallest absolute Gasteiger partial charge is 0.308 e. The van der Waals surface area contributed by atoms with E-state index in [2.05, 4.69) is 15.5 Å². The van der Waals surface area contributed by atoms with Crippen LogP contribution in [-0.4, -0.2) is 36.9 Å². The first-order valence-electron chi connectivity index (χ1n) is 5.86. The van der Waals surface area contributed by atoms with E-state index in [4.69, 9.17) is 9.84 Å². The molecular formula is C11H20N4O3. The zero-order valence-corrected chi connectivity index (χ0v) is 11.4. The molecule has 0 amide bonds. The predicted molar refractivity (Wildman–Crippen MR) is 63.9 cm³/mol. The standard InChI is InChI=1S/C11H20N4O3/c1-7(10(16)17)8(2)15-9(12-13-14-15)6-18-11(3,4)5/h7-8H,6H2,1-5H3,(H,16,17). The van der Waals surface area contributed by atoms with Gasteiger partial charge in [-0.1, -0.05) is 0 Å². The number of hydrogen-bond acceptors (Lipinski definition) is 5. The van der Waals surface area contributed by atoms with Crippen LogP contribution in [0, 0.1) is 5.92 Å². The summed E-state index contributed by atoms with van der Waals surface area (Å²) in [5, 5.41) is 20.3. The molecule has 1 N–H and O–H groups in total. The molecule has 1 aromatic rings. The van der Waals surface area contributed by atoms with Gasteiger partial charge in [-0.25, -0.2) is 4.68 Å². The molecule has 0 aliphatic heterocycles. The van der Waals surface area contributed by atoms with Gasteiger partial charge in [0.05, 0.1) is 17.6 Å². The molecule has 2 atom stereocenters. The van der Waals surface area contributed by atoms with Gasteiger partial charge in [0, 0.05) is 0 Å². The zero-order valence-electron chi connectivity index (χ0n) is 11.4. The molecule has 2 unspecified atom stereocenters. The van der Waals surface area contributed by atoms with Crippen LogP contribution in [0.4, 0.5) is 0 Å². The van der Waals surface area contributed by atoms with Crippen LogP contribution in [0.5, 0.6) is 0 Å². The summed E-state index contributed by atoms with van der Waals surface area (Å²) in [7, 11) is 0. The second-order valence-corrected chi connectivity index (χ2v) is 5.31. The van der Waals surface area contributed by atoms with Gasteiger partial charge < -0.3 is 9.84 Å². The Morgan fingerprint density at radius 2 is 2.06 bits per heavy atom. The largest absolute Gasteiger partial charge is 0.481 e. The fourth-order valence-corrected chi connectivity index (χ4v) is 1.32. The minimum atomic E-state index is -0.874. The lowest BCUT2D eigenvalue weighted by molar-refractivity contribution is -0.142. The maximum atomic E-state index is 11.0. The minimum absolute atomic E-state index is 0.257. The van der Waals surface area contributed by atoms with Crippen molar-refractivity contribution < 1.29 is 14.6 Å². The van der Waals surface area contributed by atoms with Crippen LogP contribution in [0.1, 0.15) is 46.5 Å². The van der Waals surface area contributed by atoms with E-state index in [1.54, 1.807) is 13.8 Å². The number of carboxylic acid groups (broad SMARTS) is 1. The molecule has 0 aliphatic rings. The van der Waals surface area contributed by atoms with Gasteiger partial charge in [-0.15, -0.1) is 5.10 Å². The van der Waals surface area contributed by atoms with Crippen molar-refractivity contribution in [2.24, 2.45) is 5.92 Å². The van der Waals surface area contributed by atoms with Gasteiger partial charge in [0.15, 0.2) is 5.82 Å². The molecule has 0 saturated carbocycles. The van der Waals surface area contributed by atoms with Crippen molar-refractivity contribution in [3.8, 4) is 0 Å². The number of hydrogen-bond donors (Lipinski definition) is 1. The third kappa shape index (κ3) is 3.76. The van der Waals surface area contributed by atoms with Crippen LogP contribution in [-0.2, 0) is 16.1 Å². The van der Waals surface area contributed by atoms with E-state index in [0.717, 1.165) is 0 Å². The number of nitrogens with zero attached hydrogens (tertiary/aromatic N) is 4. The van der Waals surface area contributed by atoms with Crippen LogP contribution in [0.3, 0.4) is 0 Å². The summed E-state index contributed by atoms with van der Waals surface area (Å²) >= 11 is 0. The Balaban J connectivity index is 2.79. The maximum absolute atomic E-state index is 11.0. The van der Waals surface area contributed by atoms with Gasteiger partial charge in [0.1, 0.15) is 6.61 Å². The van der Waals surface area contributed by atoms with Gasteiger partial charge >= 0.3 is 5.97 Å². The Hall–Kier alpha value is -1.50. The van der Waals surface area contributed by atoms with Crippen molar-refractivity contribution in [1.29, 1.82) is 0 Å². The summed E-state index contributed by atoms with van der Waals surface area (Å²) in [5.41, 5.74) is -0.293. The predicted octanol–water partition coefficient (Wildman–Crippen LogP) is 1.27. The van der Waals surface area contributed by atoms with Crippen LogP contribution in [0.2, 0.25) is 0 Å². The second-order valence-electron chi connectivity index (χ2n) is 5.31. The quantitative estimate of drug-likeness (QED) is 0.853. The molecule has 0 fully saturated rings. The number of carboxylic acids is 1. The number of carbonyl (C=O) groups is 1. The Bertz CT molecular complexity index is 411. The molecule has 0 aliphatic carbocycles. The van der Waals surface area contributed by atoms with Crippen LogP contribution in [0.15, 0.2) is 0 Å². The van der Waals surface area contributed by atoms with Gasteiger partial charge in [-0.05, 0) is 45.0 Å². The Kier molecular flexibility index (Phi) is 4.39. The van der Waals surface area contributed by atoms with Gasteiger partial charge in [0.2, 0.25) is 0 Å². The number of tetrazole rings is 1. The topological polar surface area (TPSA) is 90.1 Å². The highest BCUT2D eigenvalue weighted by Crippen LogP contribution is 2.19. The van der Waals surface area contributed by atoms with Crippen LogP contribution >= 0.6 is 0 Å². The first-order valence-corrected chi connectivity index (χ1v) is 5.86. The molecule has 1 rings (SSSR count). The fraction of sp³-hybridized carbons (Fsp3) is 0.818. The molecule has 0 radical (unpaired) electrons. The Morgan fingerprint density at radius 3 is 2.56 bits per heavy atom. The number of ether oxygens (including phenoxy) is 1. The number of aliphatic carboxylic acids is 1. The second kappa shape index (κ2) is 5.43. The summed E-state index contributed by atoms with van der Waals surface area (Å²) in [5.74, 6) is -0.909. The van der Waals surface area contributed by atoms with Crippen LogP contribution in [0.25, 0.3) is 0 Å². The lowest BCUT2D eigenvalue weighted by atomic mass is 10.0. The van der Waals surface area contributed by atoms with Crippen molar-refractivity contribution >= 4 is 5.97 Å². The Morgan fingerprint density at radius 1 is 1.44 bits per heavy atom. The average Bonchev–Trinajstić information content (AvgIpc) is 2.71. The molecule has 0 saturated heterocycles. The molecule has 0 spiro atoms. The van der Waals surface area contributed by atoms with Crippen molar-refractivity contribution in [1.82, 2.24) is 20.2 Å². The molecule has 1 heterocycles. The Labute approximate surface area is 106 Å². The average molecular weight is 256 g/mol. The van der Waals surface area contributed by atoms with E-state index < -0.39 is 11.9 Å². The summed E-state index contributed by atoms with van der Waals surface area (Å²) in [6, 6.07) is -0.323. The number of aromatic nitrogens is 4. The van der Waals surface area contributed by atoms with E-state index >= 15 is 0 Å².